The van der Waals surface area contributed by atoms with E-state index in [0.717, 1.165) is 29.6 Å². The summed E-state index contributed by atoms with van der Waals surface area (Å²) in [6, 6.07) is 6.09. The minimum absolute atomic E-state index is 0.0895. The Hall–Kier alpha value is -2.98. The van der Waals surface area contributed by atoms with Gasteiger partial charge in [0.25, 0.3) is 5.56 Å². The number of nitrogens with one attached hydrogen (secondary N) is 1. The molecule has 0 unspecified atom stereocenters. The molecule has 10 nitrogen and oxygen atoms in total. The normalized spacial score (nSPS) is 16.1. The SMILES string of the molecule is COCCn1nnnc1CN(Cc1cc2cc3c(cc2[nH]c1=O)OCO3)C1CCCC1. The number of pyridine rings is 1. The van der Waals surface area contributed by atoms with Gasteiger partial charge in [0.15, 0.2) is 17.3 Å². The van der Waals surface area contributed by atoms with Gasteiger partial charge in [-0.25, -0.2) is 4.68 Å². The molecule has 2 aromatic heterocycles. The number of H-pyrrole nitrogens is 1. The van der Waals surface area contributed by atoms with E-state index < -0.39 is 0 Å². The van der Waals surface area contributed by atoms with Gasteiger partial charge in [0.1, 0.15) is 0 Å². The third kappa shape index (κ3) is 4.13. The van der Waals surface area contributed by atoms with Crippen LogP contribution in [0.3, 0.4) is 0 Å². The number of fused-ring (bicyclic) bond motifs is 2. The van der Waals surface area contributed by atoms with Gasteiger partial charge in [-0.1, -0.05) is 12.8 Å². The van der Waals surface area contributed by atoms with Crippen LogP contribution in [0.2, 0.25) is 0 Å². The van der Waals surface area contributed by atoms with E-state index in [4.69, 9.17) is 14.2 Å². The lowest BCUT2D eigenvalue weighted by Crippen LogP contribution is -2.35. The average molecular weight is 426 g/mol. The van der Waals surface area contributed by atoms with Crippen LogP contribution in [0.4, 0.5) is 0 Å². The predicted molar refractivity (Wildman–Crippen MR) is 112 cm³/mol. The molecular formula is C21H26N6O4. The monoisotopic (exact) mass is 426 g/mol. The van der Waals surface area contributed by atoms with Crippen molar-refractivity contribution in [1.29, 1.82) is 0 Å². The van der Waals surface area contributed by atoms with Crippen molar-refractivity contribution in [3.63, 3.8) is 0 Å². The van der Waals surface area contributed by atoms with Crippen molar-refractivity contribution in [3.05, 3.63) is 39.9 Å². The van der Waals surface area contributed by atoms with Crippen molar-refractivity contribution in [1.82, 2.24) is 30.1 Å². The first-order valence-electron chi connectivity index (χ1n) is 10.6. The second-order valence-electron chi connectivity index (χ2n) is 8.07. The van der Waals surface area contributed by atoms with E-state index in [-0.39, 0.29) is 12.4 Å². The lowest BCUT2D eigenvalue weighted by Gasteiger charge is -2.28. The predicted octanol–water partition coefficient (Wildman–Crippen LogP) is 1.83. The molecule has 0 amide bonds. The van der Waals surface area contributed by atoms with Crippen LogP contribution in [0, 0.1) is 0 Å². The fourth-order valence-electron chi connectivity index (χ4n) is 4.43. The largest absolute Gasteiger partial charge is 0.454 e. The molecule has 0 radical (unpaired) electrons. The Morgan fingerprint density at radius 1 is 1.19 bits per heavy atom. The van der Waals surface area contributed by atoms with Crippen LogP contribution < -0.4 is 15.0 Å². The van der Waals surface area contributed by atoms with Gasteiger partial charge < -0.3 is 19.2 Å². The summed E-state index contributed by atoms with van der Waals surface area (Å²) in [6.45, 7) is 2.46. The second-order valence-corrected chi connectivity index (χ2v) is 8.07. The number of ether oxygens (including phenoxy) is 3. The highest BCUT2D eigenvalue weighted by Crippen LogP contribution is 2.35. The van der Waals surface area contributed by atoms with Gasteiger partial charge in [-0.2, -0.15) is 0 Å². The number of aromatic amines is 1. The highest BCUT2D eigenvalue weighted by atomic mass is 16.7. The Bertz CT molecular complexity index is 1120. The Kier molecular flexibility index (Phi) is 5.56. The number of benzene rings is 1. The first-order chi connectivity index (χ1) is 15.2. The minimum atomic E-state index is -0.0895. The number of aromatic nitrogens is 5. The van der Waals surface area contributed by atoms with Crippen LogP contribution in [0.5, 0.6) is 11.5 Å². The van der Waals surface area contributed by atoms with E-state index in [0.29, 0.717) is 49.3 Å². The van der Waals surface area contributed by atoms with Crippen molar-refractivity contribution in [2.75, 3.05) is 20.5 Å². The Labute approximate surface area is 179 Å². The molecule has 1 fully saturated rings. The topological polar surface area (TPSA) is 107 Å². The molecule has 2 aliphatic rings. The zero-order valence-corrected chi connectivity index (χ0v) is 17.5. The lowest BCUT2D eigenvalue weighted by atomic mass is 10.1. The van der Waals surface area contributed by atoms with Gasteiger partial charge in [0, 0.05) is 36.7 Å². The van der Waals surface area contributed by atoms with E-state index in [1.54, 1.807) is 11.8 Å². The molecule has 10 heteroatoms. The maximum absolute atomic E-state index is 12.9. The number of tetrazole rings is 1. The molecule has 0 atom stereocenters. The molecule has 1 N–H and O–H groups in total. The minimum Gasteiger partial charge on any atom is -0.454 e. The van der Waals surface area contributed by atoms with Crippen molar-refractivity contribution in [3.8, 4) is 11.5 Å². The second kappa shape index (κ2) is 8.64. The van der Waals surface area contributed by atoms with Crippen LogP contribution in [0.15, 0.2) is 23.0 Å². The van der Waals surface area contributed by atoms with Crippen LogP contribution in [-0.2, 0) is 24.4 Å². The zero-order chi connectivity index (χ0) is 21.2. The number of hydrogen-bond donors (Lipinski definition) is 1. The van der Waals surface area contributed by atoms with Gasteiger partial charge in [-0.05, 0) is 35.4 Å². The lowest BCUT2D eigenvalue weighted by molar-refractivity contribution is 0.162. The third-order valence-corrected chi connectivity index (χ3v) is 6.09. The summed E-state index contributed by atoms with van der Waals surface area (Å²) >= 11 is 0. The summed E-state index contributed by atoms with van der Waals surface area (Å²) in [6.07, 6.45) is 4.63. The Morgan fingerprint density at radius 2 is 2.00 bits per heavy atom. The van der Waals surface area contributed by atoms with Crippen molar-refractivity contribution < 1.29 is 14.2 Å². The molecule has 1 aliphatic carbocycles. The smallest absolute Gasteiger partial charge is 0.252 e. The van der Waals surface area contributed by atoms with E-state index in [9.17, 15) is 4.79 Å². The summed E-state index contributed by atoms with van der Waals surface area (Å²) in [5, 5.41) is 13.1. The van der Waals surface area contributed by atoms with Gasteiger partial charge in [-0.3, -0.25) is 9.69 Å². The van der Waals surface area contributed by atoms with Gasteiger partial charge >= 0.3 is 0 Å². The molecular weight excluding hydrogens is 400 g/mol. The standard InChI is InChI=1S/C21H26N6O4/c1-29-7-6-27-20(23-24-25-27)12-26(16-4-2-3-5-16)11-15-8-14-9-18-19(31-13-30-18)10-17(14)22-21(15)28/h8-10,16H,2-7,11-13H2,1H3,(H,22,28). The molecule has 31 heavy (non-hydrogen) atoms. The Balaban J connectivity index is 1.43. The molecule has 1 aliphatic heterocycles. The molecule has 0 saturated heterocycles. The average Bonchev–Trinajstić information content (AvgIpc) is 3.52. The molecule has 0 bridgehead atoms. The van der Waals surface area contributed by atoms with Crippen LogP contribution in [-0.4, -0.2) is 56.6 Å². The number of hydrogen-bond acceptors (Lipinski definition) is 8. The van der Waals surface area contributed by atoms with E-state index in [2.05, 4.69) is 25.4 Å². The summed E-state index contributed by atoms with van der Waals surface area (Å²) in [4.78, 5) is 18.2. The summed E-state index contributed by atoms with van der Waals surface area (Å²) in [5.41, 5.74) is 1.37. The number of methoxy groups -OCH3 is 1. The summed E-state index contributed by atoms with van der Waals surface area (Å²) in [7, 11) is 1.66. The van der Waals surface area contributed by atoms with Crippen LogP contribution in [0.25, 0.3) is 10.9 Å². The van der Waals surface area contributed by atoms with Crippen LogP contribution in [0.1, 0.15) is 37.1 Å². The maximum atomic E-state index is 12.9. The Morgan fingerprint density at radius 3 is 2.81 bits per heavy atom. The third-order valence-electron chi connectivity index (χ3n) is 6.09. The summed E-state index contributed by atoms with van der Waals surface area (Å²) < 4.78 is 17.9. The van der Waals surface area contributed by atoms with Crippen molar-refractivity contribution in [2.24, 2.45) is 0 Å². The molecule has 0 spiro atoms. The fourth-order valence-corrected chi connectivity index (χ4v) is 4.43. The van der Waals surface area contributed by atoms with Gasteiger partial charge in [0.05, 0.1) is 25.2 Å². The van der Waals surface area contributed by atoms with E-state index >= 15 is 0 Å². The molecule has 1 saturated carbocycles. The molecule has 5 rings (SSSR count). The van der Waals surface area contributed by atoms with Crippen molar-refractivity contribution in [2.45, 2.75) is 51.4 Å². The highest BCUT2D eigenvalue weighted by Gasteiger charge is 2.26. The molecule has 3 heterocycles. The molecule has 3 aromatic rings. The zero-order valence-electron chi connectivity index (χ0n) is 17.5. The number of rotatable bonds is 8. The summed E-state index contributed by atoms with van der Waals surface area (Å²) in [5.74, 6) is 2.14. The first-order valence-corrected chi connectivity index (χ1v) is 10.6. The van der Waals surface area contributed by atoms with Gasteiger partial charge in [-0.15, -0.1) is 5.10 Å². The molecule has 164 valence electrons. The quantitative estimate of drug-likeness (QED) is 0.581. The first kappa shape index (κ1) is 20.0. The maximum Gasteiger partial charge on any atom is 0.252 e. The van der Waals surface area contributed by atoms with E-state index in [1.807, 2.05) is 18.2 Å². The molecule has 1 aromatic carbocycles. The van der Waals surface area contributed by atoms with Gasteiger partial charge in [0.2, 0.25) is 6.79 Å². The number of nitrogens with zero attached hydrogens (tertiary/aromatic N) is 5. The van der Waals surface area contributed by atoms with E-state index in [1.165, 1.54) is 12.8 Å². The fraction of sp³-hybridized carbons (Fsp3) is 0.524. The highest BCUT2D eigenvalue weighted by molar-refractivity contribution is 5.83. The van der Waals surface area contributed by atoms with Crippen LogP contribution >= 0.6 is 0 Å². The van der Waals surface area contributed by atoms with Crippen molar-refractivity contribution >= 4 is 10.9 Å².